The lowest BCUT2D eigenvalue weighted by atomic mass is 9.84. The van der Waals surface area contributed by atoms with Gasteiger partial charge in [-0.05, 0) is 64.0 Å². The Morgan fingerprint density at radius 3 is 2.33 bits per heavy atom. The summed E-state index contributed by atoms with van der Waals surface area (Å²) in [4.78, 5) is 2.82. The van der Waals surface area contributed by atoms with Crippen molar-refractivity contribution in [2.24, 2.45) is 11.3 Å². The van der Waals surface area contributed by atoms with Crippen LogP contribution in [0.15, 0.2) is 0 Å². The van der Waals surface area contributed by atoms with Gasteiger partial charge in [-0.3, -0.25) is 4.90 Å². The Labute approximate surface area is 114 Å². The lowest BCUT2D eigenvalue weighted by molar-refractivity contribution is 0.0609. The maximum Gasteiger partial charge on any atom is 0.0149 e. The molecule has 18 heavy (non-hydrogen) atoms. The molecule has 1 N–H and O–H groups in total. The van der Waals surface area contributed by atoms with Gasteiger partial charge in [-0.15, -0.1) is 0 Å². The van der Waals surface area contributed by atoms with E-state index in [1.165, 1.54) is 51.7 Å². The highest BCUT2D eigenvalue weighted by molar-refractivity contribution is 4.93. The van der Waals surface area contributed by atoms with Crippen molar-refractivity contribution >= 4 is 0 Å². The van der Waals surface area contributed by atoms with Crippen molar-refractivity contribution in [1.29, 1.82) is 0 Å². The van der Waals surface area contributed by atoms with Crippen LogP contribution in [0.5, 0.6) is 0 Å². The SMILES string of the molecule is CC(C)N(CC1CCNCC1)C1CCCC1(C)C. The number of hydrogen-bond donors (Lipinski definition) is 1. The molecule has 0 bridgehead atoms. The molecule has 0 amide bonds. The third-order valence-corrected chi connectivity index (χ3v) is 5.19. The first-order valence-electron chi connectivity index (χ1n) is 7.97. The van der Waals surface area contributed by atoms with Gasteiger partial charge in [0.2, 0.25) is 0 Å². The molecule has 0 aromatic rings. The van der Waals surface area contributed by atoms with Crippen molar-refractivity contribution in [1.82, 2.24) is 10.2 Å². The van der Waals surface area contributed by atoms with Crippen LogP contribution < -0.4 is 5.32 Å². The molecule has 2 fully saturated rings. The van der Waals surface area contributed by atoms with Gasteiger partial charge < -0.3 is 5.32 Å². The largest absolute Gasteiger partial charge is 0.317 e. The fraction of sp³-hybridized carbons (Fsp3) is 1.00. The van der Waals surface area contributed by atoms with E-state index in [4.69, 9.17) is 0 Å². The van der Waals surface area contributed by atoms with E-state index in [9.17, 15) is 0 Å². The molecular formula is C16H32N2. The van der Waals surface area contributed by atoms with Gasteiger partial charge in [0.1, 0.15) is 0 Å². The van der Waals surface area contributed by atoms with Gasteiger partial charge in [0.05, 0.1) is 0 Å². The van der Waals surface area contributed by atoms with E-state index >= 15 is 0 Å². The predicted octanol–water partition coefficient (Wildman–Crippen LogP) is 3.28. The predicted molar refractivity (Wildman–Crippen MR) is 78.9 cm³/mol. The normalized spacial score (nSPS) is 29.3. The highest BCUT2D eigenvalue weighted by Crippen LogP contribution is 2.41. The summed E-state index contributed by atoms with van der Waals surface area (Å²) in [5.41, 5.74) is 0.525. The zero-order valence-corrected chi connectivity index (χ0v) is 12.8. The smallest absolute Gasteiger partial charge is 0.0149 e. The summed E-state index contributed by atoms with van der Waals surface area (Å²) >= 11 is 0. The maximum atomic E-state index is 3.48. The van der Waals surface area contributed by atoms with Crippen LogP contribution in [0.4, 0.5) is 0 Å². The van der Waals surface area contributed by atoms with Crippen molar-refractivity contribution in [2.75, 3.05) is 19.6 Å². The van der Waals surface area contributed by atoms with Crippen molar-refractivity contribution in [3.63, 3.8) is 0 Å². The van der Waals surface area contributed by atoms with E-state index in [1.54, 1.807) is 0 Å². The van der Waals surface area contributed by atoms with Crippen molar-refractivity contribution in [3.8, 4) is 0 Å². The molecule has 1 aliphatic carbocycles. The molecule has 2 nitrogen and oxygen atoms in total. The molecule has 2 aliphatic rings. The summed E-state index contributed by atoms with van der Waals surface area (Å²) in [5, 5.41) is 3.48. The molecule has 0 aromatic carbocycles. The van der Waals surface area contributed by atoms with Crippen LogP contribution in [-0.4, -0.2) is 36.6 Å². The minimum absolute atomic E-state index is 0.525. The molecule has 1 aliphatic heterocycles. The topological polar surface area (TPSA) is 15.3 Å². The number of rotatable bonds is 4. The number of hydrogen-bond acceptors (Lipinski definition) is 2. The Morgan fingerprint density at radius 1 is 1.17 bits per heavy atom. The van der Waals surface area contributed by atoms with Gasteiger partial charge in [0.25, 0.3) is 0 Å². The van der Waals surface area contributed by atoms with Crippen LogP contribution in [0.2, 0.25) is 0 Å². The summed E-state index contributed by atoms with van der Waals surface area (Å²) in [6.45, 7) is 13.5. The van der Waals surface area contributed by atoms with Gasteiger partial charge in [0, 0.05) is 18.6 Å². The Bertz CT molecular complexity index is 254. The van der Waals surface area contributed by atoms with E-state index < -0.39 is 0 Å². The number of nitrogens with zero attached hydrogens (tertiary/aromatic N) is 1. The summed E-state index contributed by atoms with van der Waals surface area (Å²) in [6, 6.07) is 1.51. The first kappa shape index (κ1) is 14.3. The molecule has 1 unspecified atom stereocenters. The third-order valence-electron chi connectivity index (χ3n) is 5.19. The van der Waals surface area contributed by atoms with Crippen molar-refractivity contribution in [2.45, 2.75) is 71.9 Å². The Kier molecular flexibility index (Phi) is 4.71. The van der Waals surface area contributed by atoms with E-state index in [0.29, 0.717) is 11.5 Å². The second kappa shape index (κ2) is 5.92. The van der Waals surface area contributed by atoms with Gasteiger partial charge >= 0.3 is 0 Å². The highest BCUT2D eigenvalue weighted by Gasteiger charge is 2.39. The molecule has 0 radical (unpaired) electrons. The van der Waals surface area contributed by atoms with E-state index in [0.717, 1.165) is 12.0 Å². The fourth-order valence-electron chi connectivity index (χ4n) is 3.98. The quantitative estimate of drug-likeness (QED) is 0.826. The Hall–Kier alpha value is -0.0800. The summed E-state index contributed by atoms with van der Waals surface area (Å²) < 4.78 is 0. The van der Waals surface area contributed by atoms with Crippen LogP contribution in [0, 0.1) is 11.3 Å². The molecule has 1 atom stereocenters. The minimum Gasteiger partial charge on any atom is -0.317 e. The summed E-state index contributed by atoms with van der Waals surface area (Å²) in [6.07, 6.45) is 6.99. The number of piperidine rings is 1. The van der Waals surface area contributed by atoms with Crippen LogP contribution in [0.3, 0.4) is 0 Å². The van der Waals surface area contributed by atoms with Crippen molar-refractivity contribution < 1.29 is 0 Å². The zero-order chi connectivity index (χ0) is 13.2. The second-order valence-electron chi connectivity index (χ2n) is 7.38. The Balaban J connectivity index is 1.99. The molecular weight excluding hydrogens is 220 g/mol. The molecule has 0 spiro atoms. The van der Waals surface area contributed by atoms with Gasteiger partial charge in [-0.2, -0.15) is 0 Å². The molecule has 2 heteroatoms. The first-order valence-corrected chi connectivity index (χ1v) is 7.97. The molecule has 1 saturated carbocycles. The van der Waals surface area contributed by atoms with Gasteiger partial charge in [-0.25, -0.2) is 0 Å². The van der Waals surface area contributed by atoms with E-state index in [2.05, 4.69) is 37.9 Å². The van der Waals surface area contributed by atoms with Gasteiger partial charge in [-0.1, -0.05) is 20.3 Å². The third kappa shape index (κ3) is 3.27. The van der Waals surface area contributed by atoms with E-state index in [1.807, 2.05) is 0 Å². The fourth-order valence-corrected chi connectivity index (χ4v) is 3.98. The molecule has 106 valence electrons. The highest BCUT2D eigenvalue weighted by atomic mass is 15.2. The second-order valence-corrected chi connectivity index (χ2v) is 7.38. The lowest BCUT2D eigenvalue weighted by Crippen LogP contribution is -2.49. The maximum absolute atomic E-state index is 3.48. The summed E-state index contributed by atoms with van der Waals surface area (Å²) in [5.74, 6) is 0.921. The van der Waals surface area contributed by atoms with Crippen LogP contribution in [0.25, 0.3) is 0 Å². The van der Waals surface area contributed by atoms with Gasteiger partial charge in [0.15, 0.2) is 0 Å². The summed E-state index contributed by atoms with van der Waals surface area (Å²) in [7, 11) is 0. The molecule has 1 heterocycles. The van der Waals surface area contributed by atoms with E-state index in [-0.39, 0.29) is 0 Å². The molecule has 1 saturated heterocycles. The average molecular weight is 252 g/mol. The molecule has 0 aromatic heterocycles. The zero-order valence-electron chi connectivity index (χ0n) is 12.8. The average Bonchev–Trinajstić information content (AvgIpc) is 2.67. The number of nitrogens with one attached hydrogen (secondary N) is 1. The monoisotopic (exact) mass is 252 g/mol. The lowest BCUT2D eigenvalue weighted by Gasteiger charge is -2.42. The van der Waals surface area contributed by atoms with Crippen molar-refractivity contribution in [3.05, 3.63) is 0 Å². The van der Waals surface area contributed by atoms with Crippen LogP contribution in [-0.2, 0) is 0 Å². The van der Waals surface area contributed by atoms with Crippen LogP contribution in [0.1, 0.15) is 59.8 Å². The molecule has 2 rings (SSSR count). The Morgan fingerprint density at radius 2 is 1.83 bits per heavy atom. The standard InChI is InChI=1S/C16H32N2/c1-13(2)18(12-14-7-10-17-11-8-14)15-6-5-9-16(15,3)4/h13-15,17H,5-12H2,1-4H3. The minimum atomic E-state index is 0.525. The first-order chi connectivity index (χ1) is 8.50. The van der Waals surface area contributed by atoms with Crippen LogP contribution >= 0.6 is 0 Å².